The van der Waals surface area contributed by atoms with Gasteiger partial charge in [-0.3, -0.25) is 4.79 Å². The minimum Gasteiger partial charge on any atom is -0.312 e. The molecule has 0 saturated carbocycles. The Labute approximate surface area is 141 Å². The molecular weight excluding hydrogens is 308 g/mol. The molecule has 1 fully saturated rings. The second-order valence-electron chi connectivity index (χ2n) is 6.32. The topological polar surface area (TPSA) is 20.3 Å². The first-order chi connectivity index (χ1) is 11.5. The van der Waals surface area contributed by atoms with Gasteiger partial charge in [0.1, 0.15) is 11.6 Å². The molecule has 1 aliphatic heterocycles. The van der Waals surface area contributed by atoms with E-state index in [0.717, 1.165) is 30.2 Å². The third kappa shape index (κ3) is 3.05. The van der Waals surface area contributed by atoms with Crippen LogP contribution in [0, 0.1) is 17.6 Å². The molecule has 2 nitrogen and oxygen atoms in total. The molecule has 0 bridgehead atoms. The summed E-state index contributed by atoms with van der Waals surface area (Å²) in [6.07, 6.45) is 1.67. The summed E-state index contributed by atoms with van der Waals surface area (Å²) in [5, 5.41) is 0. The number of amides is 1. The Hall–Kier alpha value is -2.23. The Morgan fingerprint density at radius 3 is 2.42 bits per heavy atom. The quantitative estimate of drug-likeness (QED) is 0.797. The third-order valence-corrected chi connectivity index (χ3v) is 4.82. The van der Waals surface area contributed by atoms with E-state index < -0.39 is 17.6 Å². The highest BCUT2D eigenvalue weighted by atomic mass is 19.1. The lowest BCUT2D eigenvalue weighted by atomic mass is 9.87. The lowest BCUT2D eigenvalue weighted by Crippen LogP contribution is -2.26. The number of nitrogens with zero attached hydrogens (tertiary/aromatic N) is 1. The molecule has 1 saturated heterocycles. The van der Waals surface area contributed by atoms with Crippen molar-refractivity contribution in [3.63, 3.8) is 0 Å². The van der Waals surface area contributed by atoms with Crippen molar-refractivity contribution in [2.24, 2.45) is 5.92 Å². The van der Waals surface area contributed by atoms with Crippen molar-refractivity contribution in [2.75, 3.05) is 11.4 Å². The average molecular weight is 329 g/mol. The fraction of sp³-hybridized carbons (Fsp3) is 0.350. The number of halogens is 2. The maximum absolute atomic E-state index is 13.6. The van der Waals surface area contributed by atoms with Gasteiger partial charge in [-0.15, -0.1) is 0 Å². The van der Waals surface area contributed by atoms with Gasteiger partial charge in [-0.1, -0.05) is 32.4 Å². The SMILES string of the molecule is CCc1cccc(N2C[C@@H](CC)[C@H](c3cc(F)cc(F)c3)C2=O)c1. The zero-order valence-electron chi connectivity index (χ0n) is 13.9. The van der Waals surface area contributed by atoms with Crippen LogP contribution in [0.3, 0.4) is 0 Å². The van der Waals surface area contributed by atoms with Gasteiger partial charge in [0.15, 0.2) is 0 Å². The maximum Gasteiger partial charge on any atom is 0.234 e. The molecule has 2 aromatic rings. The van der Waals surface area contributed by atoms with Crippen molar-refractivity contribution in [1.29, 1.82) is 0 Å². The Bertz CT molecular complexity index is 739. The molecule has 0 N–H and O–H groups in total. The average Bonchev–Trinajstić information content (AvgIpc) is 2.90. The van der Waals surface area contributed by atoms with Crippen molar-refractivity contribution < 1.29 is 13.6 Å². The number of aryl methyl sites for hydroxylation is 1. The summed E-state index contributed by atoms with van der Waals surface area (Å²) in [6.45, 7) is 4.65. The molecule has 0 aromatic heterocycles. The summed E-state index contributed by atoms with van der Waals surface area (Å²) in [5.41, 5.74) is 2.45. The molecular formula is C20H21F2NO. The molecule has 0 spiro atoms. The molecule has 2 aromatic carbocycles. The van der Waals surface area contributed by atoms with E-state index in [1.165, 1.54) is 12.1 Å². The Kier molecular flexibility index (Phi) is 4.65. The summed E-state index contributed by atoms with van der Waals surface area (Å²) >= 11 is 0. The van der Waals surface area contributed by atoms with E-state index in [4.69, 9.17) is 0 Å². The first-order valence-electron chi connectivity index (χ1n) is 8.39. The number of benzene rings is 2. The Morgan fingerprint density at radius 1 is 1.08 bits per heavy atom. The lowest BCUT2D eigenvalue weighted by molar-refractivity contribution is -0.118. The second-order valence-corrected chi connectivity index (χ2v) is 6.32. The lowest BCUT2D eigenvalue weighted by Gasteiger charge is -2.18. The minimum absolute atomic E-state index is 0.0454. The van der Waals surface area contributed by atoms with E-state index in [1.54, 1.807) is 4.90 Å². The van der Waals surface area contributed by atoms with Gasteiger partial charge in [0.25, 0.3) is 0 Å². The third-order valence-electron chi connectivity index (χ3n) is 4.82. The van der Waals surface area contributed by atoms with Crippen LogP contribution in [0.5, 0.6) is 0 Å². The van der Waals surface area contributed by atoms with Crippen LogP contribution < -0.4 is 4.90 Å². The largest absolute Gasteiger partial charge is 0.312 e. The number of anilines is 1. The first-order valence-corrected chi connectivity index (χ1v) is 8.39. The van der Waals surface area contributed by atoms with Gasteiger partial charge in [0, 0.05) is 18.3 Å². The summed E-state index contributed by atoms with van der Waals surface area (Å²) in [5.74, 6) is -1.81. The number of carbonyl (C=O) groups is 1. The van der Waals surface area contributed by atoms with Crippen LogP contribution in [0.15, 0.2) is 42.5 Å². The predicted molar refractivity (Wildman–Crippen MR) is 91.1 cm³/mol. The van der Waals surface area contributed by atoms with Crippen LogP contribution in [-0.2, 0) is 11.2 Å². The molecule has 0 radical (unpaired) electrons. The highest BCUT2D eigenvalue weighted by Crippen LogP contribution is 2.38. The number of hydrogen-bond donors (Lipinski definition) is 0. The summed E-state index contributed by atoms with van der Waals surface area (Å²) < 4.78 is 27.2. The van der Waals surface area contributed by atoms with Crippen LogP contribution in [0.25, 0.3) is 0 Å². The van der Waals surface area contributed by atoms with Gasteiger partial charge in [-0.2, -0.15) is 0 Å². The zero-order valence-corrected chi connectivity index (χ0v) is 13.9. The Morgan fingerprint density at radius 2 is 1.79 bits per heavy atom. The first kappa shape index (κ1) is 16.6. The molecule has 2 atom stereocenters. The fourth-order valence-electron chi connectivity index (χ4n) is 3.51. The molecule has 0 aliphatic carbocycles. The number of rotatable bonds is 4. The highest BCUT2D eigenvalue weighted by Gasteiger charge is 2.41. The number of hydrogen-bond acceptors (Lipinski definition) is 1. The highest BCUT2D eigenvalue weighted by molar-refractivity contribution is 6.00. The summed E-state index contributed by atoms with van der Waals surface area (Å²) in [6, 6.07) is 11.3. The minimum atomic E-state index is -0.640. The maximum atomic E-state index is 13.6. The van der Waals surface area contributed by atoms with E-state index >= 15 is 0 Å². The van der Waals surface area contributed by atoms with Gasteiger partial charge >= 0.3 is 0 Å². The van der Waals surface area contributed by atoms with Crippen molar-refractivity contribution in [3.8, 4) is 0 Å². The fourth-order valence-corrected chi connectivity index (χ4v) is 3.51. The second kappa shape index (κ2) is 6.71. The van der Waals surface area contributed by atoms with E-state index in [-0.39, 0.29) is 11.8 Å². The summed E-state index contributed by atoms with van der Waals surface area (Å²) in [4.78, 5) is 14.7. The predicted octanol–water partition coefficient (Wildman–Crippen LogP) is 4.68. The van der Waals surface area contributed by atoms with Crippen molar-refractivity contribution in [1.82, 2.24) is 0 Å². The Balaban J connectivity index is 1.97. The van der Waals surface area contributed by atoms with Gasteiger partial charge < -0.3 is 4.90 Å². The summed E-state index contributed by atoms with van der Waals surface area (Å²) in [7, 11) is 0. The van der Waals surface area contributed by atoms with E-state index in [9.17, 15) is 13.6 Å². The molecule has 0 unspecified atom stereocenters. The monoisotopic (exact) mass is 329 g/mol. The van der Waals surface area contributed by atoms with Crippen LogP contribution >= 0.6 is 0 Å². The van der Waals surface area contributed by atoms with Crippen LogP contribution in [0.2, 0.25) is 0 Å². The molecule has 1 amide bonds. The molecule has 3 rings (SSSR count). The van der Waals surface area contributed by atoms with Crippen LogP contribution in [0.1, 0.15) is 37.3 Å². The molecule has 1 heterocycles. The molecule has 126 valence electrons. The standard InChI is InChI=1S/C20H21F2NO/c1-3-13-6-5-7-18(8-13)23-12-14(4-2)19(20(23)24)15-9-16(21)11-17(22)10-15/h5-11,14,19H,3-4,12H2,1-2H3/t14-,19-/m1/s1. The van der Waals surface area contributed by atoms with Crippen LogP contribution in [-0.4, -0.2) is 12.5 Å². The molecule has 4 heteroatoms. The van der Waals surface area contributed by atoms with Crippen molar-refractivity contribution in [3.05, 3.63) is 65.2 Å². The van der Waals surface area contributed by atoms with E-state index in [2.05, 4.69) is 6.92 Å². The molecule has 1 aliphatic rings. The van der Waals surface area contributed by atoms with Crippen LogP contribution in [0.4, 0.5) is 14.5 Å². The van der Waals surface area contributed by atoms with E-state index in [0.29, 0.717) is 12.1 Å². The molecule has 24 heavy (non-hydrogen) atoms. The van der Waals surface area contributed by atoms with Gasteiger partial charge in [0.05, 0.1) is 5.92 Å². The smallest absolute Gasteiger partial charge is 0.234 e. The van der Waals surface area contributed by atoms with Gasteiger partial charge in [-0.25, -0.2) is 8.78 Å². The van der Waals surface area contributed by atoms with Gasteiger partial charge in [0.2, 0.25) is 5.91 Å². The van der Waals surface area contributed by atoms with E-state index in [1.807, 2.05) is 31.2 Å². The zero-order chi connectivity index (χ0) is 17.3. The number of carbonyl (C=O) groups excluding carboxylic acids is 1. The van der Waals surface area contributed by atoms with Crippen molar-refractivity contribution >= 4 is 11.6 Å². The van der Waals surface area contributed by atoms with Gasteiger partial charge in [-0.05, 0) is 47.7 Å². The van der Waals surface area contributed by atoms with Crippen molar-refractivity contribution in [2.45, 2.75) is 32.6 Å². The normalized spacial score (nSPS) is 20.7.